The molecule has 0 aliphatic carbocycles. The SMILES string of the molecule is CNC(=O)/C(=C\OC1C=C(C)C(=O)O1)n1nnc2ccccc21. The Kier molecular flexibility index (Phi) is 3.80. The molecule has 0 saturated heterocycles. The number of carbonyl (C=O) groups excluding carboxylic acids is 2. The van der Waals surface area contributed by atoms with Gasteiger partial charge in [0.2, 0.25) is 0 Å². The van der Waals surface area contributed by atoms with Gasteiger partial charge in [-0.05, 0) is 19.1 Å². The Hall–Kier alpha value is -3.16. The molecule has 0 saturated carbocycles. The summed E-state index contributed by atoms with van der Waals surface area (Å²) in [6, 6.07) is 7.21. The minimum atomic E-state index is -0.864. The van der Waals surface area contributed by atoms with Crippen LogP contribution >= 0.6 is 0 Å². The maximum Gasteiger partial charge on any atom is 0.336 e. The van der Waals surface area contributed by atoms with E-state index in [0.717, 1.165) is 0 Å². The lowest BCUT2D eigenvalue weighted by atomic mass is 10.3. The molecule has 0 radical (unpaired) electrons. The van der Waals surface area contributed by atoms with Crippen LogP contribution < -0.4 is 5.32 Å². The van der Waals surface area contributed by atoms with Crippen LogP contribution in [0.3, 0.4) is 0 Å². The average Bonchev–Trinajstić information content (AvgIpc) is 3.11. The third-order valence-corrected chi connectivity index (χ3v) is 3.28. The summed E-state index contributed by atoms with van der Waals surface area (Å²) in [4.78, 5) is 23.4. The van der Waals surface area contributed by atoms with Crippen LogP contribution in [0.1, 0.15) is 6.92 Å². The summed E-state index contributed by atoms with van der Waals surface area (Å²) >= 11 is 0. The molecule has 0 bridgehead atoms. The standard InChI is InChI=1S/C15H14N4O4/c1-9-7-13(23-15(9)21)22-8-12(14(20)16-2)19-11-6-4-3-5-10(11)17-18-19/h3-8,13H,1-2H3,(H,16,20)/b12-8+. The number of benzene rings is 1. The van der Waals surface area contributed by atoms with Crippen molar-refractivity contribution < 1.29 is 19.1 Å². The zero-order valence-corrected chi connectivity index (χ0v) is 12.5. The minimum absolute atomic E-state index is 0.121. The summed E-state index contributed by atoms with van der Waals surface area (Å²) in [6.45, 7) is 1.62. The van der Waals surface area contributed by atoms with Gasteiger partial charge in [-0.25, -0.2) is 9.48 Å². The van der Waals surface area contributed by atoms with Crippen molar-refractivity contribution in [3.05, 3.63) is 42.2 Å². The highest BCUT2D eigenvalue weighted by Crippen LogP contribution is 2.18. The first-order valence-corrected chi connectivity index (χ1v) is 6.88. The second-order valence-corrected chi connectivity index (χ2v) is 4.83. The molecule has 3 rings (SSSR count). The number of hydrogen-bond donors (Lipinski definition) is 1. The molecule has 1 aliphatic rings. The second-order valence-electron chi connectivity index (χ2n) is 4.83. The van der Waals surface area contributed by atoms with Crippen LogP contribution in [0.5, 0.6) is 0 Å². The van der Waals surface area contributed by atoms with Crippen molar-refractivity contribution in [2.75, 3.05) is 7.05 Å². The van der Waals surface area contributed by atoms with E-state index in [2.05, 4.69) is 15.6 Å². The van der Waals surface area contributed by atoms with E-state index in [9.17, 15) is 9.59 Å². The number of likely N-dealkylation sites (N-methyl/N-ethyl adjacent to an activating group) is 1. The quantitative estimate of drug-likeness (QED) is 0.510. The van der Waals surface area contributed by atoms with Gasteiger partial charge in [0.25, 0.3) is 12.2 Å². The Labute approximate surface area is 131 Å². The maximum absolute atomic E-state index is 12.1. The fourth-order valence-electron chi connectivity index (χ4n) is 2.08. The van der Waals surface area contributed by atoms with Gasteiger partial charge < -0.3 is 14.8 Å². The molecule has 0 fully saturated rings. The first-order chi connectivity index (χ1) is 11.1. The van der Waals surface area contributed by atoms with E-state index < -0.39 is 18.2 Å². The molecule has 8 heteroatoms. The highest BCUT2D eigenvalue weighted by Gasteiger charge is 2.23. The number of esters is 1. The summed E-state index contributed by atoms with van der Waals surface area (Å²) in [5.41, 5.74) is 1.87. The number of fused-ring (bicyclic) bond motifs is 1. The molecule has 23 heavy (non-hydrogen) atoms. The van der Waals surface area contributed by atoms with Gasteiger partial charge in [0, 0.05) is 18.7 Å². The highest BCUT2D eigenvalue weighted by atomic mass is 16.7. The van der Waals surface area contributed by atoms with Gasteiger partial charge >= 0.3 is 5.97 Å². The third-order valence-electron chi connectivity index (χ3n) is 3.28. The molecule has 118 valence electrons. The van der Waals surface area contributed by atoms with E-state index in [1.807, 2.05) is 12.1 Å². The number of aromatic nitrogens is 3. The number of ether oxygens (including phenoxy) is 2. The van der Waals surface area contributed by atoms with Crippen LogP contribution in [0.15, 0.2) is 42.2 Å². The van der Waals surface area contributed by atoms with E-state index in [4.69, 9.17) is 9.47 Å². The molecule has 1 amide bonds. The lowest BCUT2D eigenvalue weighted by Gasteiger charge is -2.10. The smallest absolute Gasteiger partial charge is 0.336 e. The topological polar surface area (TPSA) is 95.3 Å². The number of hydrogen-bond acceptors (Lipinski definition) is 6. The predicted molar refractivity (Wildman–Crippen MR) is 80.6 cm³/mol. The van der Waals surface area contributed by atoms with Crippen molar-refractivity contribution in [3.63, 3.8) is 0 Å². The van der Waals surface area contributed by atoms with Crippen molar-refractivity contribution in [3.8, 4) is 0 Å². The molecule has 2 heterocycles. The van der Waals surface area contributed by atoms with Gasteiger partial charge in [-0.15, -0.1) is 5.10 Å². The van der Waals surface area contributed by atoms with Crippen LogP contribution in [0.2, 0.25) is 0 Å². The van der Waals surface area contributed by atoms with E-state index in [0.29, 0.717) is 16.6 Å². The lowest BCUT2D eigenvalue weighted by Crippen LogP contribution is -2.24. The molecule has 8 nitrogen and oxygen atoms in total. The fraction of sp³-hybridized carbons (Fsp3) is 0.200. The zero-order valence-electron chi connectivity index (χ0n) is 12.5. The molecular formula is C15H14N4O4. The number of rotatable bonds is 4. The zero-order chi connectivity index (χ0) is 16.4. The number of nitrogens with zero attached hydrogens (tertiary/aromatic N) is 3. The fourth-order valence-corrected chi connectivity index (χ4v) is 2.08. The van der Waals surface area contributed by atoms with Crippen LogP contribution in [-0.4, -0.2) is 40.2 Å². The number of nitrogens with one attached hydrogen (secondary N) is 1. The molecule has 1 aromatic carbocycles. The molecule has 1 N–H and O–H groups in total. The molecule has 1 atom stereocenters. The van der Waals surface area contributed by atoms with Crippen molar-refractivity contribution in [1.82, 2.24) is 20.3 Å². The first kappa shape index (κ1) is 14.8. The molecule has 2 aromatic rings. The maximum atomic E-state index is 12.1. The van der Waals surface area contributed by atoms with Crippen molar-refractivity contribution >= 4 is 28.6 Å². The van der Waals surface area contributed by atoms with E-state index in [1.165, 1.54) is 24.1 Å². The average molecular weight is 314 g/mol. The molecular weight excluding hydrogens is 300 g/mol. The van der Waals surface area contributed by atoms with Crippen molar-refractivity contribution in [2.45, 2.75) is 13.2 Å². The Morgan fingerprint density at radius 2 is 2.22 bits per heavy atom. The largest absolute Gasteiger partial charge is 0.456 e. The van der Waals surface area contributed by atoms with E-state index in [1.54, 1.807) is 19.1 Å². The van der Waals surface area contributed by atoms with Gasteiger partial charge in [-0.1, -0.05) is 17.3 Å². The first-order valence-electron chi connectivity index (χ1n) is 6.88. The number of carbonyl (C=O) groups is 2. The van der Waals surface area contributed by atoms with Gasteiger partial charge in [0.15, 0.2) is 5.70 Å². The minimum Gasteiger partial charge on any atom is -0.456 e. The van der Waals surface area contributed by atoms with E-state index >= 15 is 0 Å². The molecule has 1 unspecified atom stereocenters. The summed E-state index contributed by atoms with van der Waals surface area (Å²) in [5.74, 6) is -0.859. The lowest BCUT2D eigenvalue weighted by molar-refractivity contribution is -0.152. The van der Waals surface area contributed by atoms with Crippen molar-refractivity contribution in [1.29, 1.82) is 0 Å². The normalized spacial score (nSPS) is 17.8. The van der Waals surface area contributed by atoms with Crippen molar-refractivity contribution in [2.24, 2.45) is 0 Å². The predicted octanol–water partition coefficient (Wildman–Crippen LogP) is 0.821. The molecule has 1 aliphatic heterocycles. The summed E-state index contributed by atoms with van der Waals surface area (Å²) in [7, 11) is 1.49. The number of amides is 1. The molecule has 0 spiro atoms. The van der Waals surface area contributed by atoms with Gasteiger partial charge in [-0.3, -0.25) is 4.79 Å². The Balaban J connectivity index is 1.94. The summed E-state index contributed by atoms with van der Waals surface area (Å²) in [6.07, 6.45) is 1.86. The Bertz CT molecular complexity index is 837. The monoisotopic (exact) mass is 314 g/mol. The van der Waals surface area contributed by atoms with Gasteiger partial charge in [0.05, 0.1) is 5.52 Å². The van der Waals surface area contributed by atoms with Gasteiger partial charge in [0.1, 0.15) is 11.8 Å². The van der Waals surface area contributed by atoms with Crippen LogP contribution in [0.4, 0.5) is 0 Å². The number of cyclic esters (lactones) is 1. The Morgan fingerprint density at radius 1 is 1.43 bits per heavy atom. The van der Waals surface area contributed by atoms with Crippen LogP contribution in [0.25, 0.3) is 16.7 Å². The molecule has 1 aromatic heterocycles. The summed E-state index contributed by atoms with van der Waals surface area (Å²) < 4.78 is 11.7. The summed E-state index contributed by atoms with van der Waals surface area (Å²) in [5, 5.41) is 10.5. The van der Waals surface area contributed by atoms with Crippen LogP contribution in [-0.2, 0) is 19.1 Å². The highest BCUT2D eigenvalue weighted by molar-refractivity contribution is 6.14. The Morgan fingerprint density at radius 3 is 2.91 bits per heavy atom. The van der Waals surface area contributed by atoms with Crippen LogP contribution in [0, 0.1) is 0 Å². The third kappa shape index (κ3) is 2.78. The van der Waals surface area contributed by atoms with E-state index in [-0.39, 0.29) is 5.70 Å². The van der Waals surface area contributed by atoms with Gasteiger partial charge in [-0.2, -0.15) is 0 Å². The second kappa shape index (κ2) is 5.91. The number of para-hydroxylation sites is 1.